The molecule has 160 valence electrons. The summed E-state index contributed by atoms with van der Waals surface area (Å²) in [5, 5.41) is 11.9. The van der Waals surface area contributed by atoms with Crippen LogP contribution in [0.15, 0.2) is 28.7 Å². The Morgan fingerprint density at radius 1 is 1.21 bits per heavy atom. The molecule has 0 amide bonds. The number of hydrogen-bond donors (Lipinski definition) is 2. The molecule has 0 radical (unpaired) electrons. The molecule has 7 heteroatoms. The van der Waals surface area contributed by atoms with Crippen LogP contribution in [0.2, 0.25) is 0 Å². The van der Waals surface area contributed by atoms with Crippen molar-refractivity contribution < 1.29 is 14.2 Å². The van der Waals surface area contributed by atoms with Crippen LogP contribution >= 0.6 is 15.9 Å². The van der Waals surface area contributed by atoms with Crippen LogP contribution in [0.25, 0.3) is 0 Å². The van der Waals surface area contributed by atoms with Gasteiger partial charge in [-0.3, -0.25) is 5.41 Å². The van der Waals surface area contributed by atoms with Crippen LogP contribution in [-0.4, -0.2) is 44.7 Å². The van der Waals surface area contributed by atoms with E-state index in [1.807, 2.05) is 52.0 Å². The van der Waals surface area contributed by atoms with Crippen molar-refractivity contribution in [2.24, 2.45) is 0 Å². The molecule has 0 bridgehead atoms. The van der Waals surface area contributed by atoms with Crippen molar-refractivity contribution >= 4 is 27.3 Å². The number of nitrogens with zero attached hydrogens (tertiary/aromatic N) is 1. The van der Waals surface area contributed by atoms with Gasteiger partial charge in [0, 0.05) is 36.0 Å². The number of aromatic nitrogens is 1. The van der Waals surface area contributed by atoms with E-state index in [-0.39, 0.29) is 11.8 Å². The Hall–Kier alpha value is -2.12. The van der Waals surface area contributed by atoms with Crippen LogP contribution < -0.4 is 14.8 Å². The van der Waals surface area contributed by atoms with E-state index in [1.54, 1.807) is 21.3 Å². The number of methoxy groups -OCH3 is 2. The van der Waals surface area contributed by atoms with Gasteiger partial charge in [-0.15, -0.1) is 0 Å². The van der Waals surface area contributed by atoms with Gasteiger partial charge in [-0.2, -0.15) is 0 Å². The fraction of sp³-hybridized carbons (Fsp3) is 0.455. The van der Waals surface area contributed by atoms with Gasteiger partial charge in [0.25, 0.3) is 0 Å². The minimum Gasteiger partial charge on any atom is -0.496 e. The molecule has 1 aromatic heterocycles. The van der Waals surface area contributed by atoms with Crippen molar-refractivity contribution in [3.05, 3.63) is 45.7 Å². The minimum atomic E-state index is -0.0758. The van der Waals surface area contributed by atoms with E-state index in [1.165, 1.54) is 0 Å². The predicted octanol–water partition coefficient (Wildman–Crippen LogP) is 5.45. The average Bonchev–Trinajstić information content (AvgIpc) is 2.73. The van der Waals surface area contributed by atoms with Gasteiger partial charge >= 0.3 is 0 Å². The summed E-state index contributed by atoms with van der Waals surface area (Å²) in [5.74, 6) is 1.26. The van der Waals surface area contributed by atoms with Crippen LogP contribution in [0.5, 0.6) is 11.5 Å². The van der Waals surface area contributed by atoms with Gasteiger partial charge in [-0.25, -0.2) is 4.98 Å². The molecule has 0 aliphatic rings. The maximum absolute atomic E-state index is 8.75. The molecule has 1 aromatic carbocycles. The van der Waals surface area contributed by atoms with Gasteiger partial charge in [0.05, 0.1) is 19.4 Å². The minimum absolute atomic E-state index is 0.0758. The largest absolute Gasteiger partial charge is 0.496 e. The van der Waals surface area contributed by atoms with Crippen molar-refractivity contribution in [1.29, 1.82) is 5.41 Å². The lowest BCUT2D eigenvalue weighted by Gasteiger charge is -2.21. The Labute approximate surface area is 182 Å². The Kier molecular flexibility index (Phi) is 10.7. The van der Waals surface area contributed by atoms with Gasteiger partial charge in [0.2, 0.25) is 0 Å². The quantitative estimate of drug-likeness (QED) is 0.481. The second kappa shape index (κ2) is 12.4. The third kappa shape index (κ3) is 6.44. The first kappa shape index (κ1) is 24.9. The number of anilines is 1. The second-order valence-electron chi connectivity index (χ2n) is 6.06. The SMILES string of the molecule is CC.CCC(COC)Oc1cc(C)nc(C(=N)c2ccc(Br)cc2OC)c1NC. The summed E-state index contributed by atoms with van der Waals surface area (Å²) in [5.41, 5.74) is 2.87. The third-order valence-corrected chi connectivity index (χ3v) is 4.63. The van der Waals surface area contributed by atoms with Gasteiger partial charge in [-0.1, -0.05) is 36.7 Å². The first-order valence-corrected chi connectivity index (χ1v) is 10.5. The molecule has 0 spiro atoms. The molecule has 1 atom stereocenters. The number of halogens is 1. The first-order chi connectivity index (χ1) is 13.9. The number of benzene rings is 1. The molecule has 2 rings (SSSR count). The fourth-order valence-corrected chi connectivity index (χ4v) is 3.10. The number of pyridine rings is 1. The summed E-state index contributed by atoms with van der Waals surface area (Å²) >= 11 is 3.43. The molecule has 0 saturated carbocycles. The number of nitrogens with one attached hydrogen (secondary N) is 2. The van der Waals surface area contributed by atoms with Gasteiger partial charge in [0.15, 0.2) is 0 Å². The highest BCUT2D eigenvalue weighted by Gasteiger charge is 2.21. The summed E-state index contributed by atoms with van der Waals surface area (Å²) in [6, 6.07) is 7.43. The topological polar surface area (TPSA) is 76.5 Å². The van der Waals surface area contributed by atoms with Gasteiger partial charge in [-0.05, 0) is 31.5 Å². The van der Waals surface area contributed by atoms with Crippen molar-refractivity contribution in [2.75, 3.05) is 33.2 Å². The maximum Gasteiger partial charge on any atom is 0.147 e. The normalized spacial score (nSPS) is 11.2. The Morgan fingerprint density at radius 3 is 2.45 bits per heavy atom. The van der Waals surface area contributed by atoms with Crippen LogP contribution in [0.4, 0.5) is 5.69 Å². The first-order valence-electron chi connectivity index (χ1n) is 9.72. The van der Waals surface area contributed by atoms with E-state index in [2.05, 4.69) is 26.2 Å². The molecule has 0 aliphatic heterocycles. The molecule has 29 heavy (non-hydrogen) atoms. The molecule has 0 fully saturated rings. The molecular weight excluding hydrogens is 434 g/mol. The molecular formula is C22H32BrN3O3. The average molecular weight is 466 g/mol. The van der Waals surface area contributed by atoms with E-state index >= 15 is 0 Å². The summed E-state index contributed by atoms with van der Waals surface area (Å²) in [6.07, 6.45) is 0.735. The zero-order valence-electron chi connectivity index (χ0n) is 18.4. The van der Waals surface area contributed by atoms with E-state index in [4.69, 9.17) is 19.6 Å². The third-order valence-electron chi connectivity index (χ3n) is 4.13. The maximum atomic E-state index is 8.75. The van der Waals surface area contributed by atoms with Crippen molar-refractivity contribution in [1.82, 2.24) is 4.98 Å². The number of aryl methyl sites for hydroxylation is 1. The predicted molar refractivity (Wildman–Crippen MR) is 123 cm³/mol. The van der Waals surface area contributed by atoms with Crippen LogP contribution in [0, 0.1) is 12.3 Å². The van der Waals surface area contributed by atoms with Crippen LogP contribution in [0.1, 0.15) is 44.1 Å². The molecule has 1 heterocycles. The fourth-order valence-electron chi connectivity index (χ4n) is 2.76. The number of rotatable bonds is 9. The van der Waals surface area contributed by atoms with E-state index in [0.717, 1.165) is 16.6 Å². The summed E-state index contributed by atoms with van der Waals surface area (Å²) in [7, 11) is 5.04. The lowest BCUT2D eigenvalue weighted by atomic mass is 10.0. The highest BCUT2D eigenvalue weighted by atomic mass is 79.9. The summed E-state index contributed by atoms with van der Waals surface area (Å²) in [4.78, 5) is 4.59. The molecule has 1 unspecified atom stereocenters. The zero-order valence-corrected chi connectivity index (χ0v) is 19.9. The van der Waals surface area contributed by atoms with Crippen LogP contribution in [-0.2, 0) is 4.74 Å². The smallest absolute Gasteiger partial charge is 0.147 e. The van der Waals surface area contributed by atoms with Gasteiger partial charge in [0.1, 0.15) is 29.0 Å². The molecule has 0 saturated heterocycles. The van der Waals surface area contributed by atoms with E-state index in [9.17, 15) is 0 Å². The number of hydrogen-bond acceptors (Lipinski definition) is 6. The van der Waals surface area contributed by atoms with Crippen LogP contribution in [0.3, 0.4) is 0 Å². The van der Waals surface area contributed by atoms with E-state index < -0.39 is 0 Å². The summed E-state index contributed by atoms with van der Waals surface area (Å²) in [6.45, 7) is 8.43. The summed E-state index contributed by atoms with van der Waals surface area (Å²) < 4.78 is 17.7. The molecule has 0 aliphatic carbocycles. The van der Waals surface area contributed by atoms with Crippen molar-refractivity contribution in [3.8, 4) is 11.5 Å². The lowest BCUT2D eigenvalue weighted by molar-refractivity contribution is 0.0791. The Bertz CT molecular complexity index is 812. The van der Waals surface area contributed by atoms with Gasteiger partial charge < -0.3 is 19.5 Å². The lowest BCUT2D eigenvalue weighted by Crippen LogP contribution is -2.22. The molecule has 2 N–H and O–H groups in total. The number of ether oxygens (including phenoxy) is 3. The van der Waals surface area contributed by atoms with Crippen molar-refractivity contribution in [2.45, 2.75) is 40.2 Å². The molecule has 6 nitrogen and oxygen atoms in total. The van der Waals surface area contributed by atoms with E-state index in [0.29, 0.717) is 35.1 Å². The highest BCUT2D eigenvalue weighted by Crippen LogP contribution is 2.33. The Balaban J connectivity index is 0.00000204. The zero-order chi connectivity index (χ0) is 22.0. The molecule has 2 aromatic rings. The second-order valence-corrected chi connectivity index (χ2v) is 6.97. The Morgan fingerprint density at radius 2 is 1.90 bits per heavy atom. The highest BCUT2D eigenvalue weighted by molar-refractivity contribution is 9.10. The van der Waals surface area contributed by atoms with Crippen molar-refractivity contribution in [3.63, 3.8) is 0 Å². The monoisotopic (exact) mass is 465 g/mol. The standard InChI is InChI=1S/C20H26BrN3O3.C2H6/c1-6-14(11-25-4)27-17-9-12(2)24-20(19(17)23-3)18(22)15-8-7-13(21)10-16(15)26-5;1-2/h7-10,14,22-23H,6,11H2,1-5H3;1-2H3.